The van der Waals surface area contributed by atoms with Gasteiger partial charge in [0.2, 0.25) is 0 Å². The summed E-state index contributed by atoms with van der Waals surface area (Å²) < 4.78 is 8.29. The van der Waals surface area contributed by atoms with Gasteiger partial charge in [-0.1, -0.05) is 12.1 Å². The molecule has 8 nitrogen and oxygen atoms in total. The molecule has 0 bridgehead atoms. The maximum absolute atomic E-state index is 10.2. The summed E-state index contributed by atoms with van der Waals surface area (Å²) in [5, 5.41) is 26.4. The number of nitrogens with zero attached hydrogens (tertiary/aromatic N) is 4. The van der Waals surface area contributed by atoms with Gasteiger partial charge in [0.1, 0.15) is 5.75 Å². The number of piperidine rings is 1. The Labute approximate surface area is 187 Å². The number of aromatic hydroxyl groups is 1. The minimum absolute atomic E-state index is 0.160. The quantitative estimate of drug-likeness (QED) is 0.545. The highest BCUT2D eigenvalue weighted by molar-refractivity contribution is 5.78. The van der Waals surface area contributed by atoms with Crippen molar-refractivity contribution in [1.29, 1.82) is 0 Å². The van der Waals surface area contributed by atoms with Gasteiger partial charge in [0.15, 0.2) is 5.82 Å². The average Bonchev–Trinajstić information content (AvgIpc) is 3.27. The first-order chi connectivity index (χ1) is 15.6. The van der Waals surface area contributed by atoms with E-state index in [4.69, 9.17) is 10.5 Å². The van der Waals surface area contributed by atoms with Gasteiger partial charge in [-0.2, -0.15) is 5.10 Å². The third-order valence-corrected chi connectivity index (χ3v) is 6.82. The summed E-state index contributed by atoms with van der Waals surface area (Å²) in [7, 11) is 0. The van der Waals surface area contributed by atoms with Crippen LogP contribution in [0.3, 0.4) is 0 Å². The molecule has 168 valence electrons. The van der Waals surface area contributed by atoms with Crippen molar-refractivity contribution in [3.8, 4) is 28.1 Å². The summed E-state index contributed by atoms with van der Waals surface area (Å²) in [6.07, 6.45) is 9.02. The molecule has 0 spiro atoms. The van der Waals surface area contributed by atoms with Gasteiger partial charge >= 0.3 is 0 Å². The molecule has 1 atom stereocenters. The van der Waals surface area contributed by atoms with E-state index in [1.807, 2.05) is 35.3 Å². The van der Waals surface area contributed by atoms with Gasteiger partial charge in [-0.3, -0.25) is 4.68 Å². The minimum atomic E-state index is 0.160. The van der Waals surface area contributed by atoms with Crippen LogP contribution in [0, 0.1) is 5.92 Å². The molecule has 1 saturated carbocycles. The van der Waals surface area contributed by atoms with Crippen molar-refractivity contribution in [3.05, 3.63) is 42.7 Å². The molecule has 3 aromatic rings. The van der Waals surface area contributed by atoms with Crippen LogP contribution >= 0.6 is 0 Å². The average molecular weight is 435 g/mol. The van der Waals surface area contributed by atoms with Gasteiger partial charge in [0.05, 0.1) is 30.1 Å². The zero-order chi connectivity index (χ0) is 22.1. The highest BCUT2D eigenvalue weighted by Crippen LogP contribution is 2.40. The van der Waals surface area contributed by atoms with Gasteiger partial charge in [0.25, 0.3) is 0 Å². The normalized spacial score (nSPS) is 22.4. The number of hydrogen-bond donors (Lipinski definition) is 3. The Morgan fingerprint density at radius 3 is 2.69 bits per heavy atom. The third kappa shape index (κ3) is 4.20. The first kappa shape index (κ1) is 20.9. The van der Waals surface area contributed by atoms with E-state index in [-0.39, 0.29) is 11.8 Å². The molecule has 1 aromatic carbocycles. The fraction of sp³-hybridized carbons (Fsp3) is 0.458. The summed E-state index contributed by atoms with van der Waals surface area (Å²) in [6, 6.07) is 9.21. The van der Waals surface area contributed by atoms with Crippen LogP contribution < -0.4 is 11.1 Å². The van der Waals surface area contributed by atoms with E-state index in [9.17, 15) is 5.11 Å². The van der Waals surface area contributed by atoms with Gasteiger partial charge in [-0.15, -0.1) is 10.2 Å². The summed E-state index contributed by atoms with van der Waals surface area (Å²) in [6.45, 7) is 4.33. The van der Waals surface area contributed by atoms with Crippen LogP contribution in [0.2, 0.25) is 0 Å². The molecule has 4 N–H and O–H groups in total. The van der Waals surface area contributed by atoms with Crippen LogP contribution in [0.15, 0.2) is 42.7 Å². The Bertz CT molecular complexity index is 1070. The van der Waals surface area contributed by atoms with Gasteiger partial charge in [-0.25, -0.2) is 0 Å². The predicted octanol–water partition coefficient (Wildman–Crippen LogP) is 3.40. The monoisotopic (exact) mass is 434 g/mol. The zero-order valence-electron chi connectivity index (χ0n) is 18.3. The lowest BCUT2D eigenvalue weighted by Gasteiger charge is -2.41. The number of phenols is 1. The van der Waals surface area contributed by atoms with Crippen LogP contribution in [-0.4, -0.2) is 50.4 Å². The van der Waals surface area contributed by atoms with E-state index in [0.29, 0.717) is 35.2 Å². The van der Waals surface area contributed by atoms with E-state index in [1.165, 1.54) is 0 Å². The van der Waals surface area contributed by atoms with Crippen molar-refractivity contribution >= 4 is 5.82 Å². The lowest BCUT2D eigenvalue weighted by molar-refractivity contribution is -0.0931. The Morgan fingerprint density at radius 1 is 1.12 bits per heavy atom. The highest BCUT2D eigenvalue weighted by atomic mass is 16.5. The molecule has 0 amide bonds. The van der Waals surface area contributed by atoms with Crippen molar-refractivity contribution in [3.63, 3.8) is 0 Å². The van der Waals surface area contributed by atoms with Crippen LogP contribution in [0.5, 0.6) is 5.75 Å². The number of nitrogens with two attached hydrogens (primary N) is 1. The van der Waals surface area contributed by atoms with Crippen molar-refractivity contribution < 1.29 is 9.84 Å². The molecular formula is C24H30N6O2. The number of ether oxygens (including phenoxy) is 1. The van der Waals surface area contributed by atoms with Crippen LogP contribution in [0.25, 0.3) is 22.4 Å². The maximum atomic E-state index is 10.2. The molecule has 1 aliphatic carbocycles. The van der Waals surface area contributed by atoms with Crippen molar-refractivity contribution in [2.24, 2.45) is 5.92 Å². The molecule has 1 saturated heterocycles. The fourth-order valence-electron chi connectivity index (χ4n) is 4.69. The largest absolute Gasteiger partial charge is 0.507 e. The second-order valence-electron chi connectivity index (χ2n) is 8.93. The summed E-state index contributed by atoms with van der Waals surface area (Å²) in [5.41, 5.74) is 8.98. The lowest BCUT2D eigenvalue weighted by Crippen LogP contribution is -2.41. The first-order valence-corrected chi connectivity index (χ1v) is 11.4. The molecule has 1 aliphatic heterocycles. The van der Waals surface area contributed by atoms with E-state index in [1.54, 1.807) is 12.1 Å². The zero-order valence-corrected chi connectivity index (χ0v) is 18.3. The third-order valence-electron chi connectivity index (χ3n) is 6.82. The van der Waals surface area contributed by atoms with Crippen LogP contribution in [0.4, 0.5) is 5.82 Å². The standard InChI is InChI=1S/C24H30N6O2/c1-15(16-10-19(11-16)32-18-6-8-26-9-7-18)30-14-17(13-27-30)21-12-22(28-29-24(21)25)20-4-2-3-5-23(20)31/h2-5,12-16,18-19,26,31H,6-11H2,1H3,(H2,25,29)/t15-,16-,19-/m1/s1. The summed E-state index contributed by atoms with van der Waals surface area (Å²) in [4.78, 5) is 0. The second-order valence-corrected chi connectivity index (χ2v) is 8.93. The molecule has 2 aromatic heterocycles. The first-order valence-electron chi connectivity index (χ1n) is 11.4. The van der Waals surface area contributed by atoms with E-state index < -0.39 is 0 Å². The van der Waals surface area contributed by atoms with Gasteiger partial charge in [-0.05, 0) is 69.8 Å². The number of aromatic nitrogens is 4. The Kier molecular flexibility index (Phi) is 5.80. The molecule has 32 heavy (non-hydrogen) atoms. The summed E-state index contributed by atoms with van der Waals surface area (Å²) >= 11 is 0. The second kappa shape index (κ2) is 8.88. The van der Waals surface area contributed by atoms with E-state index in [0.717, 1.165) is 49.9 Å². The molecule has 2 fully saturated rings. The highest BCUT2D eigenvalue weighted by Gasteiger charge is 2.36. The Morgan fingerprint density at radius 2 is 1.91 bits per heavy atom. The number of rotatable bonds is 6. The van der Waals surface area contributed by atoms with Crippen LogP contribution in [-0.2, 0) is 4.74 Å². The predicted molar refractivity (Wildman–Crippen MR) is 123 cm³/mol. The van der Waals surface area contributed by atoms with Crippen molar-refractivity contribution in [1.82, 2.24) is 25.3 Å². The lowest BCUT2D eigenvalue weighted by atomic mass is 9.77. The smallest absolute Gasteiger partial charge is 0.154 e. The van der Waals surface area contributed by atoms with E-state index in [2.05, 4.69) is 27.5 Å². The number of para-hydroxylation sites is 1. The number of anilines is 1. The van der Waals surface area contributed by atoms with Crippen LogP contribution in [0.1, 0.15) is 38.6 Å². The molecule has 2 aliphatic rings. The SMILES string of the molecule is C[C@H]([C@H]1C[C@H](OC2CCNCC2)C1)n1cc(-c2cc(-c3ccccc3O)nnc2N)cn1. The Hall–Kier alpha value is -2.97. The summed E-state index contributed by atoms with van der Waals surface area (Å²) in [5.74, 6) is 1.06. The number of phenolic OH excluding ortho intramolecular Hbond substituents is 1. The molecule has 8 heteroatoms. The fourth-order valence-corrected chi connectivity index (χ4v) is 4.69. The molecule has 3 heterocycles. The minimum Gasteiger partial charge on any atom is -0.507 e. The number of benzene rings is 1. The van der Waals surface area contributed by atoms with Crippen molar-refractivity contribution in [2.45, 2.75) is 50.9 Å². The van der Waals surface area contributed by atoms with Gasteiger partial charge in [0, 0.05) is 22.9 Å². The van der Waals surface area contributed by atoms with Crippen molar-refractivity contribution in [2.75, 3.05) is 18.8 Å². The number of nitrogens with one attached hydrogen (secondary N) is 1. The number of hydrogen-bond acceptors (Lipinski definition) is 7. The Balaban J connectivity index is 1.27. The maximum Gasteiger partial charge on any atom is 0.154 e. The van der Waals surface area contributed by atoms with E-state index >= 15 is 0 Å². The topological polar surface area (TPSA) is 111 Å². The molecule has 0 unspecified atom stereocenters. The number of nitrogen functional groups attached to an aromatic ring is 1. The molecule has 0 radical (unpaired) electrons. The molecule has 5 rings (SSSR count). The molecular weight excluding hydrogens is 404 g/mol. The van der Waals surface area contributed by atoms with Gasteiger partial charge < -0.3 is 20.9 Å².